The van der Waals surface area contributed by atoms with Gasteiger partial charge in [-0.2, -0.15) is 0 Å². The first-order valence-corrected chi connectivity index (χ1v) is 8.35. The van der Waals surface area contributed by atoms with Crippen LogP contribution in [0.15, 0.2) is 0 Å². The van der Waals surface area contributed by atoms with Gasteiger partial charge in [0.25, 0.3) is 0 Å². The lowest BCUT2D eigenvalue weighted by atomic mass is 10.0. The molecule has 1 aliphatic heterocycles. The highest BCUT2D eigenvalue weighted by molar-refractivity contribution is 6.83. The maximum atomic E-state index is 5.95. The summed E-state index contributed by atoms with van der Waals surface area (Å²) >= 11 is 0. The Morgan fingerprint density at radius 3 is 2.62 bits per heavy atom. The Kier molecular flexibility index (Phi) is 3.54. The van der Waals surface area contributed by atoms with Gasteiger partial charge in [0.15, 0.2) is 0 Å². The van der Waals surface area contributed by atoms with Gasteiger partial charge in [-0.05, 0) is 6.42 Å². The molecule has 1 heterocycles. The molecule has 0 radical (unpaired) electrons. The summed E-state index contributed by atoms with van der Waals surface area (Å²) in [7, 11) is -1.25. The predicted molar refractivity (Wildman–Crippen MR) is 58.0 cm³/mol. The van der Waals surface area contributed by atoms with Crippen LogP contribution < -0.4 is 5.73 Å². The first-order chi connectivity index (χ1) is 5.99. The standard InChI is InChI=1S/C10H19NOSi/c1-13(2,3)7-5-10(11)9-4-6-12-8-9/h9-10H,4,6,8,11H2,1-3H3. The summed E-state index contributed by atoms with van der Waals surface area (Å²) < 4.78 is 5.27. The van der Waals surface area contributed by atoms with Crippen molar-refractivity contribution in [2.45, 2.75) is 32.1 Å². The molecule has 3 heteroatoms. The number of hydrogen-bond donors (Lipinski definition) is 1. The molecule has 1 rings (SSSR count). The van der Waals surface area contributed by atoms with E-state index in [0.29, 0.717) is 5.92 Å². The molecule has 0 aromatic rings. The zero-order valence-corrected chi connectivity index (χ0v) is 9.76. The van der Waals surface area contributed by atoms with Crippen LogP contribution in [-0.4, -0.2) is 27.3 Å². The zero-order chi connectivity index (χ0) is 9.90. The number of rotatable bonds is 1. The Labute approximate surface area is 81.9 Å². The van der Waals surface area contributed by atoms with E-state index in [1.807, 2.05) is 0 Å². The van der Waals surface area contributed by atoms with Gasteiger partial charge in [-0.1, -0.05) is 25.6 Å². The van der Waals surface area contributed by atoms with E-state index < -0.39 is 8.07 Å². The van der Waals surface area contributed by atoms with Crippen molar-refractivity contribution in [2.24, 2.45) is 11.7 Å². The second kappa shape index (κ2) is 4.27. The third kappa shape index (κ3) is 3.95. The highest BCUT2D eigenvalue weighted by atomic mass is 28.3. The molecule has 0 aliphatic carbocycles. The van der Waals surface area contributed by atoms with E-state index in [2.05, 4.69) is 31.1 Å². The second-order valence-electron chi connectivity index (χ2n) is 4.67. The van der Waals surface area contributed by atoms with Crippen molar-refractivity contribution in [3.63, 3.8) is 0 Å². The first-order valence-electron chi connectivity index (χ1n) is 4.85. The average molecular weight is 197 g/mol. The molecule has 74 valence electrons. The fourth-order valence-electron chi connectivity index (χ4n) is 1.25. The molecule has 1 fully saturated rings. The molecule has 2 atom stereocenters. The quantitative estimate of drug-likeness (QED) is 0.507. The Morgan fingerprint density at radius 2 is 2.15 bits per heavy atom. The van der Waals surface area contributed by atoms with Gasteiger partial charge in [-0.15, -0.1) is 5.54 Å². The highest BCUT2D eigenvalue weighted by Gasteiger charge is 2.21. The molecule has 2 unspecified atom stereocenters. The molecule has 0 saturated carbocycles. The summed E-state index contributed by atoms with van der Waals surface area (Å²) in [6, 6.07) is 0.0224. The fourth-order valence-corrected chi connectivity index (χ4v) is 1.85. The van der Waals surface area contributed by atoms with Crippen LogP contribution in [0.2, 0.25) is 19.6 Å². The molecule has 0 bridgehead atoms. The van der Waals surface area contributed by atoms with E-state index in [9.17, 15) is 0 Å². The monoisotopic (exact) mass is 197 g/mol. The van der Waals surface area contributed by atoms with E-state index >= 15 is 0 Å². The summed E-state index contributed by atoms with van der Waals surface area (Å²) in [5.74, 6) is 3.64. The van der Waals surface area contributed by atoms with Crippen molar-refractivity contribution in [1.29, 1.82) is 0 Å². The summed E-state index contributed by atoms with van der Waals surface area (Å²) in [4.78, 5) is 0. The number of nitrogens with two attached hydrogens (primary N) is 1. The molecule has 13 heavy (non-hydrogen) atoms. The van der Waals surface area contributed by atoms with Crippen LogP contribution in [-0.2, 0) is 4.74 Å². The van der Waals surface area contributed by atoms with E-state index in [4.69, 9.17) is 10.5 Å². The molecule has 0 aromatic carbocycles. The molecule has 2 N–H and O–H groups in total. The van der Waals surface area contributed by atoms with E-state index in [1.165, 1.54) is 0 Å². The van der Waals surface area contributed by atoms with Gasteiger partial charge in [0.1, 0.15) is 8.07 Å². The van der Waals surface area contributed by atoms with Gasteiger partial charge < -0.3 is 10.5 Å². The summed E-state index contributed by atoms with van der Waals surface area (Å²) in [5.41, 5.74) is 9.26. The van der Waals surface area contributed by atoms with Gasteiger partial charge in [-0.25, -0.2) is 0 Å². The topological polar surface area (TPSA) is 35.2 Å². The van der Waals surface area contributed by atoms with Gasteiger partial charge >= 0.3 is 0 Å². The lowest BCUT2D eigenvalue weighted by Crippen LogP contribution is -2.30. The van der Waals surface area contributed by atoms with Gasteiger partial charge in [0.05, 0.1) is 12.6 Å². The lowest BCUT2D eigenvalue weighted by molar-refractivity contribution is 0.184. The first kappa shape index (κ1) is 10.8. The SMILES string of the molecule is C[Si](C)(C)C#CC(N)C1CCOC1. The van der Waals surface area contributed by atoms with Crippen molar-refractivity contribution < 1.29 is 4.74 Å². The third-order valence-corrected chi connectivity index (χ3v) is 2.98. The van der Waals surface area contributed by atoms with Gasteiger partial charge in [0.2, 0.25) is 0 Å². The van der Waals surface area contributed by atoms with Crippen molar-refractivity contribution in [2.75, 3.05) is 13.2 Å². The average Bonchev–Trinajstić information content (AvgIpc) is 2.50. The van der Waals surface area contributed by atoms with Crippen molar-refractivity contribution in [3.8, 4) is 11.5 Å². The highest BCUT2D eigenvalue weighted by Crippen LogP contribution is 2.14. The molecule has 1 aliphatic rings. The van der Waals surface area contributed by atoms with E-state index in [-0.39, 0.29) is 6.04 Å². The minimum Gasteiger partial charge on any atom is -0.381 e. The Hall–Kier alpha value is -0.303. The van der Waals surface area contributed by atoms with Crippen LogP contribution in [0.1, 0.15) is 6.42 Å². The van der Waals surface area contributed by atoms with E-state index in [1.54, 1.807) is 0 Å². The summed E-state index contributed by atoms with van der Waals surface area (Å²) in [5, 5.41) is 0. The lowest BCUT2D eigenvalue weighted by Gasteiger charge is -2.12. The summed E-state index contributed by atoms with van der Waals surface area (Å²) in [6.45, 7) is 8.35. The van der Waals surface area contributed by atoms with Crippen molar-refractivity contribution in [1.82, 2.24) is 0 Å². The van der Waals surface area contributed by atoms with Gasteiger partial charge in [0, 0.05) is 12.5 Å². The van der Waals surface area contributed by atoms with Crippen LogP contribution in [0.25, 0.3) is 0 Å². The largest absolute Gasteiger partial charge is 0.381 e. The molecular formula is C10H19NOSi. The van der Waals surface area contributed by atoms with Crippen molar-refractivity contribution >= 4 is 8.07 Å². The van der Waals surface area contributed by atoms with E-state index in [0.717, 1.165) is 19.6 Å². The second-order valence-corrected chi connectivity index (χ2v) is 9.42. The zero-order valence-electron chi connectivity index (χ0n) is 8.76. The maximum absolute atomic E-state index is 5.95. The Bertz CT molecular complexity index is 217. The van der Waals surface area contributed by atoms with Crippen LogP contribution in [0.4, 0.5) is 0 Å². The molecular weight excluding hydrogens is 178 g/mol. The Balaban J connectivity index is 2.46. The minimum absolute atomic E-state index is 0.0224. The third-order valence-electron chi connectivity index (χ3n) is 2.09. The molecule has 2 nitrogen and oxygen atoms in total. The summed E-state index contributed by atoms with van der Waals surface area (Å²) in [6.07, 6.45) is 1.07. The van der Waals surface area contributed by atoms with Crippen LogP contribution in [0, 0.1) is 17.4 Å². The predicted octanol–water partition coefficient (Wildman–Crippen LogP) is 1.23. The Morgan fingerprint density at radius 1 is 1.46 bits per heavy atom. The van der Waals surface area contributed by atoms with Crippen molar-refractivity contribution in [3.05, 3.63) is 0 Å². The van der Waals surface area contributed by atoms with Crippen LogP contribution in [0.5, 0.6) is 0 Å². The molecule has 0 spiro atoms. The van der Waals surface area contributed by atoms with Gasteiger partial charge in [-0.3, -0.25) is 0 Å². The maximum Gasteiger partial charge on any atom is 0.129 e. The molecule has 0 amide bonds. The minimum atomic E-state index is -1.25. The van der Waals surface area contributed by atoms with Crippen LogP contribution in [0.3, 0.4) is 0 Å². The van der Waals surface area contributed by atoms with Crippen LogP contribution >= 0.6 is 0 Å². The normalized spacial score (nSPS) is 25.1. The molecule has 1 saturated heterocycles. The fraction of sp³-hybridized carbons (Fsp3) is 0.800. The number of ether oxygens (including phenoxy) is 1. The number of hydrogen-bond acceptors (Lipinski definition) is 2. The molecule has 0 aromatic heterocycles. The smallest absolute Gasteiger partial charge is 0.129 e.